The fourth-order valence-electron chi connectivity index (χ4n) is 2.16. The number of amides is 1. The lowest BCUT2D eigenvalue weighted by atomic mass is 10.1. The predicted octanol–water partition coefficient (Wildman–Crippen LogP) is 3.90. The first-order chi connectivity index (χ1) is 10.1. The highest BCUT2D eigenvalue weighted by molar-refractivity contribution is 9.10. The number of carbonyl (C=O) groups excluding carboxylic acids is 1. The van der Waals surface area contributed by atoms with Gasteiger partial charge in [0.2, 0.25) is 5.91 Å². The van der Waals surface area contributed by atoms with Crippen LogP contribution >= 0.6 is 27.7 Å². The molecule has 0 radical (unpaired) electrons. The van der Waals surface area contributed by atoms with E-state index >= 15 is 0 Å². The van der Waals surface area contributed by atoms with Gasteiger partial charge in [-0.2, -0.15) is 0 Å². The van der Waals surface area contributed by atoms with Gasteiger partial charge in [0.05, 0.1) is 11.3 Å². The molecule has 0 bridgehead atoms. The van der Waals surface area contributed by atoms with Crippen LogP contribution in [0, 0.1) is 11.6 Å². The van der Waals surface area contributed by atoms with Gasteiger partial charge >= 0.3 is 0 Å². The van der Waals surface area contributed by atoms with Gasteiger partial charge in [-0.3, -0.25) is 9.69 Å². The number of nitrogens with zero attached hydrogens (tertiary/aromatic N) is 2. The lowest BCUT2D eigenvalue weighted by Crippen LogP contribution is -2.29. The molecule has 1 fully saturated rings. The third-order valence-electron chi connectivity index (χ3n) is 3.07. The van der Waals surface area contributed by atoms with Crippen molar-refractivity contribution in [1.29, 1.82) is 0 Å². The van der Waals surface area contributed by atoms with Gasteiger partial charge in [-0.1, -0.05) is 22.0 Å². The molecular weight excluding hydrogens is 362 g/mol. The molecule has 2 heterocycles. The largest absolute Gasteiger partial charge is 0.279 e. The van der Waals surface area contributed by atoms with Gasteiger partial charge in [0.25, 0.3) is 0 Å². The minimum absolute atomic E-state index is 0.116. The predicted molar refractivity (Wildman–Crippen MR) is 81.0 cm³/mol. The summed E-state index contributed by atoms with van der Waals surface area (Å²) in [5, 5.41) is -0.750. The number of hydrogen-bond donors (Lipinski definition) is 0. The number of rotatable bonds is 2. The standard InChI is InChI=1S/C14H9BrF2N2OS/c15-8-4-5-18-11(6-8)19-12(20)7-21-14(19)13-9(16)2-1-3-10(13)17/h1-6,14H,7H2. The van der Waals surface area contributed by atoms with Crippen LogP contribution in [-0.2, 0) is 4.79 Å². The molecule has 1 aromatic carbocycles. The number of benzene rings is 1. The minimum atomic E-state index is -0.750. The van der Waals surface area contributed by atoms with Crippen molar-refractivity contribution < 1.29 is 13.6 Å². The molecule has 1 unspecified atom stereocenters. The van der Waals surface area contributed by atoms with E-state index in [1.807, 2.05) is 0 Å². The SMILES string of the molecule is O=C1CSC(c2c(F)cccc2F)N1c1cc(Br)ccn1. The molecule has 3 rings (SSSR count). The second kappa shape index (κ2) is 5.73. The van der Waals surface area contributed by atoms with Gasteiger partial charge in [-0.15, -0.1) is 11.8 Å². The molecule has 1 atom stereocenters. The maximum Gasteiger partial charge on any atom is 0.239 e. The van der Waals surface area contributed by atoms with Crippen LogP contribution < -0.4 is 4.90 Å². The Morgan fingerprint density at radius 2 is 2.00 bits per heavy atom. The number of anilines is 1. The Hall–Kier alpha value is -1.47. The van der Waals surface area contributed by atoms with Gasteiger partial charge in [-0.25, -0.2) is 13.8 Å². The molecule has 0 N–H and O–H groups in total. The normalized spacial score (nSPS) is 18.3. The summed E-state index contributed by atoms with van der Waals surface area (Å²) in [6.45, 7) is 0. The van der Waals surface area contributed by atoms with Crippen molar-refractivity contribution in [2.75, 3.05) is 10.7 Å². The van der Waals surface area contributed by atoms with Crippen LogP contribution in [0.5, 0.6) is 0 Å². The second-order valence-electron chi connectivity index (χ2n) is 4.39. The van der Waals surface area contributed by atoms with E-state index in [9.17, 15) is 13.6 Å². The monoisotopic (exact) mass is 370 g/mol. The summed E-state index contributed by atoms with van der Waals surface area (Å²) in [4.78, 5) is 17.6. The summed E-state index contributed by atoms with van der Waals surface area (Å²) in [7, 11) is 0. The van der Waals surface area contributed by atoms with E-state index < -0.39 is 17.0 Å². The van der Waals surface area contributed by atoms with Gasteiger partial charge in [-0.05, 0) is 24.3 Å². The number of pyridine rings is 1. The molecule has 1 amide bonds. The lowest BCUT2D eigenvalue weighted by molar-refractivity contribution is -0.115. The number of aromatic nitrogens is 1. The molecule has 7 heteroatoms. The Labute approximate surface area is 132 Å². The topological polar surface area (TPSA) is 33.2 Å². The quantitative estimate of drug-likeness (QED) is 0.803. The zero-order chi connectivity index (χ0) is 15.0. The zero-order valence-electron chi connectivity index (χ0n) is 10.6. The number of thioether (sulfide) groups is 1. The van der Waals surface area contributed by atoms with E-state index in [0.29, 0.717) is 5.82 Å². The molecule has 1 aliphatic rings. The van der Waals surface area contributed by atoms with E-state index in [0.717, 1.165) is 4.47 Å². The minimum Gasteiger partial charge on any atom is -0.279 e. The molecule has 3 nitrogen and oxygen atoms in total. The number of carbonyl (C=O) groups is 1. The highest BCUT2D eigenvalue weighted by Gasteiger charge is 2.38. The van der Waals surface area contributed by atoms with Crippen LogP contribution in [-0.4, -0.2) is 16.6 Å². The smallest absolute Gasteiger partial charge is 0.239 e. The molecule has 21 heavy (non-hydrogen) atoms. The van der Waals surface area contributed by atoms with E-state index in [2.05, 4.69) is 20.9 Å². The second-order valence-corrected chi connectivity index (χ2v) is 6.38. The molecule has 0 saturated carbocycles. The maximum absolute atomic E-state index is 14.0. The molecule has 1 saturated heterocycles. The Morgan fingerprint density at radius 1 is 1.29 bits per heavy atom. The van der Waals surface area contributed by atoms with Gasteiger partial charge < -0.3 is 0 Å². The van der Waals surface area contributed by atoms with Gasteiger partial charge in [0.1, 0.15) is 22.8 Å². The van der Waals surface area contributed by atoms with E-state index in [-0.39, 0.29) is 17.2 Å². The summed E-state index contributed by atoms with van der Waals surface area (Å²) >= 11 is 4.48. The van der Waals surface area contributed by atoms with Crippen molar-refractivity contribution in [2.45, 2.75) is 5.37 Å². The van der Waals surface area contributed by atoms with Crippen molar-refractivity contribution >= 4 is 39.4 Å². The van der Waals surface area contributed by atoms with Crippen molar-refractivity contribution in [3.63, 3.8) is 0 Å². The molecule has 1 aromatic heterocycles. The molecule has 108 valence electrons. The fourth-order valence-corrected chi connectivity index (χ4v) is 3.69. The van der Waals surface area contributed by atoms with Gasteiger partial charge in [0.15, 0.2) is 0 Å². The first kappa shape index (κ1) is 14.5. The average Bonchev–Trinajstić information content (AvgIpc) is 2.80. The lowest BCUT2D eigenvalue weighted by Gasteiger charge is -2.24. The van der Waals surface area contributed by atoms with Crippen LogP contribution in [0.3, 0.4) is 0 Å². The fraction of sp³-hybridized carbons (Fsp3) is 0.143. The molecule has 1 aliphatic heterocycles. The number of halogens is 3. The first-order valence-electron chi connectivity index (χ1n) is 6.07. The van der Waals surface area contributed by atoms with E-state index in [1.54, 1.807) is 12.1 Å². The highest BCUT2D eigenvalue weighted by atomic mass is 79.9. The van der Waals surface area contributed by atoms with Crippen molar-refractivity contribution in [3.05, 3.63) is 58.2 Å². The Balaban J connectivity index is 2.08. The summed E-state index contributed by atoms with van der Waals surface area (Å²) < 4.78 is 28.7. The zero-order valence-corrected chi connectivity index (χ0v) is 13.0. The van der Waals surface area contributed by atoms with Gasteiger partial charge in [0, 0.05) is 10.7 Å². The van der Waals surface area contributed by atoms with Crippen LogP contribution in [0.4, 0.5) is 14.6 Å². The Kier molecular flexibility index (Phi) is 3.95. The average molecular weight is 371 g/mol. The molecule has 0 spiro atoms. The summed E-state index contributed by atoms with van der Waals surface area (Å²) in [6, 6.07) is 7.05. The van der Waals surface area contributed by atoms with Crippen LogP contribution in [0.2, 0.25) is 0 Å². The summed E-state index contributed by atoms with van der Waals surface area (Å²) in [5.41, 5.74) is -0.116. The Morgan fingerprint density at radius 3 is 2.67 bits per heavy atom. The molecule has 0 aliphatic carbocycles. The highest BCUT2D eigenvalue weighted by Crippen LogP contribution is 2.43. The van der Waals surface area contributed by atoms with E-state index in [4.69, 9.17) is 0 Å². The van der Waals surface area contributed by atoms with Crippen LogP contribution in [0.25, 0.3) is 0 Å². The summed E-state index contributed by atoms with van der Waals surface area (Å²) in [5.74, 6) is -1.03. The third-order valence-corrected chi connectivity index (χ3v) is 4.74. The Bertz CT molecular complexity index is 693. The van der Waals surface area contributed by atoms with Crippen molar-refractivity contribution in [1.82, 2.24) is 4.98 Å². The van der Waals surface area contributed by atoms with Crippen molar-refractivity contribution in [2.24, 2.45) is 0 Å². The van der Waals surface area contributed by atoms with Crippen LogP contribution in [0.15, 0.2) is 41.0 Å². The maximum atomic E-state index is 14.0. The van der Waals surface area contributed by atoms with E-state index in [1.165, 1.54) is 41.1 Å². The van der Waals surface area contributed by atoms with Crippen LogP contribution in [0.1, 0.15) is 10.9 Å². The number of hydrogen-bond acceptors (Lipinski definition) is 3. The summed E-state index contributed by atoms with van der Waals surface area (Å²) in [6.07, 6.45) is 1.53. The first-order valence-corrected chi connectivity index (χ1v) is 7.91. The molecule has 2 aromatic rings. The molecular formula is C14H9BrF2N2OS. The van der Waals surface area contributed by atoms with Crippen molar-refractivity contribution in [3.8, 4) is 0 Å². The third kappa shape index (κ3) is 2.67.